The summed E-state index contributed by atoms with van der Waals surface area (Å²) in [7, 11) is -3.16. The van der Waals surface area contributed by atoms with Crippen LogP contribution in [-0.2, 0) is 9.36 Å². The molecule has 0 saturated carbocycles. The van der Waals surface area contributed by atoms with Gasteiger partial charge in [0.2, 0.25) is 7.37 Å². The molecule has 0 bridgehead atoms. The van der Waals surface area contributed by atoms with E-state index >= 15 is 0 Å². The van der Waals surface area contributed by atoms with Crippen LogP contribution in [0.3, 0.4) is 0 Å². The molecule has 11 heavy (non-hydrogen) atoms. The molecule has 0 aromatic heterocycles. The third-order valence-electron chi connectivity index (χ3n) is 1.47. The fourth-order valence-corrected chi connectivity index (χ4v) is 1.91. The van der Waals surface area contributed by atoms with Gasteiger partial charge in [0.05, 0.1) is 5.92 Å². The fraction of sp³-hybridized carbons (Fsp3) is 0.833. The molecule has 0 aliphatic rings. The summed E-state index contributed by atoms with van der Waals surface area (Å²) in [6.45, 7) is 3.01. The van der Waals surface area contributed by atoms with Crippen LogP contribution in [0.1, 0.15) is 13.8 Å². The summed E-state index contributed by atoms with van der Waals surface area (Å²) >= 11 is 0. The van der Waals surface area contributed by atoms with Gasteiger partial charge >= 0.3 is 5.97 Å². The van der Waals surface area contributed by atoms with Crippen molar-refractivity contribution in [3.05, 3.63) is 0 Å². The molecule has 0 saturated heterocycles. The summed E-state index contributed by atoms with van der Waals surface area (Å²) in [5, 5.41) is 8.41. The van der Waals surface area contributed by atoms with Gasteiger partial charge in [-0.05, 0) is 0 Å². The lowest BCUT2D eigenvalue weighted by atomic mass is 10.2. The fourth-order valence-electron chi connectivity index (χ4n) is 0.635. The lowest BCUT2D eigenvalue weighted by molar-refractivity contribution is -0.140. The second-order valence-electron chi connectivity index (χ2n) is 2.58. The lowest BCUT2D eigenvalue weighted by Gasteiger charge is -2.10. The van der Waals surface area contributed by atoms with Crippen molar-refractivity contribution in [3.8, 4) is 0 Å². The van der Waals surface area contributed by atoms with Gasteiger partial charge < -0.3 is 10.00 Å². The quantitative estimate of drug-likeness (QED) is 0.633. The Bertz CT molecular complexity index is 189. The van der Waals surface area contributed by atoms with E-state index in [0.717, 1.165) is 0 Å². The Balaban J connectivity index is 4.04. The highest BCUT2D eigenvalue weighted by molar-refractivity contribution is 7.58. The molecule has 5 heteroatoms. The minimum absolute atomic E-state index is 0.126. The summed E-state index contributed by atoms with van der Waals surface area (Å²) in [6, 6.07) is 0. The predicted molar refractivity (Wildman–Crippen MR) is 42.0 cm³/mol. The first-order valence-electron chi connectivity index (χ1n) is 3.42. The molecule has 2 atom stereocenters. The number of rotatable bonds is 4. The summed E-state index contributed by atoms with van der Waals surface area (Å²) in [5.41, 5.74) is 0. The first kappa shape index (κ1) is 10.7. The van der Waals surface area contributed by atoms with E-state index in [1.807, 2.05) is 0 Å². The van der Waals surface area contributed by atoms with Gasteiger partial charge in [-0.2, -0.15) is 0 Å². The number of carboxylic acids is 1. The average molecular weight is 180 g/mol. The maximum absolute atomic E-state index is 11.0. The van der Waals surface area contributed by atoms with Crippen LogP contribution in [0.4, 0.5) is 0 Å². The summed E-state index contributed by atoms with van der Waals surface area (Å²) in [4.78, 5) is 19.3. The van der Waals surface area contributed by atoms with Crippen molar-refractivity contribution < 1.29 is 19.4 Å². The van der Waals surface area contributed by atoms with Gasteiger partial charge in [-0.1, -0.05) is 13.8 Å². The molecule has 2 N–H and O–H groups in total. The normalized spacial score (nSPS) is 18.8. The highest BCUT2D eigenvalue weighted by Gasteiger charge is 2.23. The Labute approximate surface area is 65.7 Å². The zero-order valence-electron chi connectivity index (χ0n) is 6.65. The molecule has 66 valence electrons. The van der Waals surface area contributed by atoms with E-state index in [1.165, 1.54) is 6.92 Å². The minimum atomic E-state index is -3.16. The molecular formula is C6H13O4P. The Hall–Kier alpha value is -0.340. The molecule has 1 unspecified atom stereocenters. The summed E-state index contributed by atoms with van der Waals surface area (Å²) < 4.78 is 11.0. The maximum Gasteiger partial charge on any atom is 0.306 e. The third kappa shape index (κ3) is 4.17. The molecule has 0 heterocycles. The topological polar surface area (TPSA) is 74.6 Å². The van der Waals surface area contributed by atoms with Gasteiger partial charge in [-0.15, -0.1) is 0 Å². The van der Waals surface area contributed by atoms with Crippen molar-refractivity contribution in [2.75, 3.05) is 12.3 Å². The van der Waals surface area contributed by atoms with E-state index < -0.39 is 19.3 Å². The van der Waals surface area contributed by atoms with Crippen LogP contribution < -0.4 is 0 Å². The van der Waals surface area contributed by atoms with E-state index in [2.05, 4.69) is 0 Å². The molecule has 0 aromatic rings. The van der Waals surface area contributed by atoms with E-state index in [1.54, 1.807) is 6.92 Å². The number of hydrogen-bond donors (Lipinski definition) is 2. The van der Waals surface area contributed by atoms with Crippen LogP contribution in [0, 0.1) is 5.92 Å². The Kier molecular flexibility index (Phi) is 3.76. The van der Waals surface area contributed by atoms with Crippen molar-refractivity contribution in [1.82, 2.24) is 0 Å². The van der Waals surface area contributed by atoms with Gasteiger partial charge in [-0.3, -0.25) is 9.36 Å². The van der Waals surface area contributed by atoms with Crippen LogP contribution in [0.25, 0.3) is 0 Å². The van der Waals surface area contributed by atoms with E-state index in [0.29, 0.717) is 0 Å². The first-order valence-corrected chi connectivity index (χ1v) is 5.45. The molecular weight excluding hydrogens is 167 g/mol. The molecule has 0 spiro atoms. The van der Waals surface area contributed by atoms with Crippen LogP contribution in [-0.4, -0.2) is 28.3 Å². The van der Waals surface area contributed by atoms with Gasteiger partial charge in [0.25, 0.3) is 0 Å². The minimum Gasteiger partial charge on any atom is -0.481 e. The average Bonchev–Trinajstić information content (AvgIpc) is 1.87. The monoisotopic (exact) mass is 180 g/mol. The molecule has 0 radical (unpaired) electrons. The molecule has 0 fully saturated rings. The van der Waals surface area contributed by atoms with Gasteiger partial charge in [0.15, 0.2) is 0 Å². The van der Waals surface area contributed by atoms with Gasteiger partial charge in [0.1, 0.15) is 0 Å². The van der Waals surface area contributed by atoms with Crippen molar-refractivity contribution in [2.45, 2.75) is 13.8 Å². The van der Waals surface area contributed by atoms with Crippen molar-refractivity contribution in [3.63, 3.8) is 0 Å². The summed E-state index contributed by atoms with van der Waals surface area (Å²) in [6.07, 6.45) is 0.0173. The van der Waals surface area contributed by atoms with Gasteiger partial charge in [0, 0.05) is 12.3 Å². The number of carboxylic acid groups (broad SMARTS) is 1. The lowest BCUT2D eigenvalue weighted by Crippen LogP contribution is -2.14. The maximum atomic E-state index is 11.0. The Morgan fingerprint density at radius 3 is 2.36 bits per heavy atom. The zero-order valence-corrected chi connectivity index (χ0v) is 7.54. The van der Waals surface area contributed by atoms with Crippen LogP contribution >= 0.6 is 7.37 Å². The van der Waals surface area contributed by atoms with Crippen LogP contribution in [0.15, 0.2) is 0 Å². The molecule has 0 aliphatic heterocycles. The number of aliphatic carboxylic acids is 1. The number of carbonyl (C=O) groups is 1. The molecule has 4 nitrogen and oxygen atoms in total. The number of hydrogen-bond acceptors (Lipinski definition) is 2. The first-order chi connectivity index (χ1) is 4.89. The van der Waals surface area contributed by atoms with E-state index in [-0.39, 0.29) is 12.3 Å². The molecule has 0 aromatic carbocycles. The zero-order chi connectivity index (χ0) is 9.07. The largest absolute Gasteiger partial charge is 0.481 e. The smallest absolute Gasteiger partial charge is 0.306 e. The standard InChI is InChI=1S/C6H13O4P/c1-3-11(9,10)4-5(2)6(7)8/h5H,3-4H2,1-2H3,(H,7,8)(H,9,10)/t5-/m1/s1. The van der Waals surface area contributed by atoms with Crippen molar-refractivity contribution in [2.24, 2.45) is 5.92 Å². The molecule has 0 rings (SSSR count). The second kappa shape index (κ2) is 3.88. The SMILES string of the molecule is CCP(=O)(O)C[C@@H](C)C(=O)O. The summed E-state index contributed by atoms with van der Waals surface area (Å²) in [5.74, 6) is -1.75. The van der Waals surface area contributed by atoms with Crippen molar-refractivity contribution >= 4 is 13.3 Å². The second-order valence-corrected chi connectivity index (χ2v) is 5.27. The Morgan fingerprint density at radius 2 is 2.09 bits per heavy atom. The van der Waals surface area contributed by atoms with E-state index in [9.17, 15) is 9.36 Å². The van der Waals surface area contributed by atoms with E-state index in [4.69, 9.17) is 10.00 Å². The van der Waals surface area contributed by atoms with Crippen LogP contribution in [0.2, 0.25) is 0 Å². The highest BCUT2D eigenvalue weighted by Crippen LogP contribution is 2.41. The third-order valence-corrected chi connectivity index (χ3v) is 3.58. The highest BCUT2D eigenvalue weighted by atomic mass is 31.2. The van der Waals surface area contributed by atoms with Crippen molar-refractivity contribution in [1.29, 1.82) is 0 Å². The predicted octanol–water partition coefficient (Wildman–Crippen LogP) is 0.997. The molecule has 0 amide bonds. The Morgan fingerprint density at radius 1 is 1.64 bits per heavy atom. The molecule has 0 aliphatic carbocycles. The van der Waals surface area contributed by atoms with Crippen LogP contribution in [0.5, 0.6) is 0 Å². The van der Waals surface area contributed by atoms with Gasteiger partial charge in [-0.25, -0.2) is 0 Å².